The minimum atomic E-state index is 0.548. The van der Waals surface area contributed by atoms with Gasteiger partial charge >= 0.3 is 0 Å². The van der Waals surface area contributed by atoms with Gasteiger partial charge in [0.25, 0.3) is 0 Å². The summed E-state index contributed by atoms with van der Waals surface area (Å²) in [5.41, 5.74) is 5.72. The number of hydrogen-bond acceptors (Lipinski definition) is 5. The first-order valence-corrected chi connectivity index (χ1v) is 6.77. The van der Waals surface area contributed by atoms with Gasteiger partial charge < -0.3 is 11.1 Å². The molecule has 0 aromatic carbocycles. The van der Waals surface area contributed by atoms with Crippen molar-refractivity contribution in [3.8, 4) is 0 Å². The van der Waals surface area contributed by atoms with Crippen molar-refractivity contribution in [3.05, 3.63) is 12.4 Å². The van der Waals surface area contributed by atoms with E-state index in [1.807, 2.05) is 0 Å². The molecule has 2 rings (SSSR count). The SMILES string of the molecule is Nc1nccnc1SCCCC1CCCN1. The van der Waals surface area contributed by atoms with Gasteiger partial charge in [-0.3, -0.25) is 0 Å². The van der Waals surface area contributed by atoms with E-state index in [1.165, 1.54) is 32.2 Å². The molecule has 1 saturated heterocycles. The van der Waals surface area contributed by atoms with Crippen molar-refractivity contribution in [1.82, 2.24) is 15.3 Å². The van der Waals surface area contributed by atoms with Crippen molar-refractivity contribution < 1.29 is 0 Å². The van der Waals surface area contributed by atoms with Gasteiger partial charge in [0.1, 0.15) is 5.03 Å². The number of nitrogens with zero attached hydrogens (tertiary/aromatic N) is 2. The average Bonchev–Trinajstić information content (AvgIpc) is 2.79. The minimum absolute atomic E-state index is 0.548. The summed E-state index contributed by atoms with van der Waals surface area (Å²) in [5.74, 6) is 1.62. The second-order valence-electron chi connectivity index (χ2n) is 4.03. The minimum Gasteiger partial charge on any atom is -0.381 e. The Morgan fingerprint density at radius 2 is 2.31 bits per heavy atom. The van der Waals surface area contributed by atoms with Crippen LogP contribution in [0.4, 0.5) is 5.82 Å². The Kier molecular flexibility index (Phi) is 4.42. The predicted molar refractivity (Wildman–Crippen MR) is 67.4 cm³/mol. The molecule has 1 fully saturated rings. The third kappa shape index (κ3) is 3.35. The van der Waals surface area contributed by atoms with Crippen LogP contribution in [-0.4, -0.2) is 28.3 Å². The standard InChI is InChI=1S/C11H18N4S/c12-10-11(15-7-6-14-10)16-8-2-4-9-3-1-5-13-9/h6-7,9,13H,1-5,8H2,(H2,12,14). The number of nitrogen functional groups attached to an aromatic ring is 1. The second kappa shape index (κ2) is 6.06. The molecule has 1 aliphatic heterocycles. The third-order valence-corrected chi connectivity index (χ3v) is 3.87. The van der Waals surface area contributed by atoms with Gasteiger partial charge in [-0.05, 0) is 38.0 Å². The van der Waals surface area contributed by atoms with Gasteiger partial charge in [0.05, 0.1) is 0 Å². The van der Waals surface area contributed by atoms with Crippen LogP contribution in [0, 0.1) is 0 Å². The second-order valence-corrected chi connectivity index (χ2v) is 5.11. The fourth-order valence-electron chi connectivity index (χ4n) is 1.95. The molecule has 1 aliphatic rings. The molecule has 0 radical (unpaired) electrons. The van der Waals surface area contributed by atoms with Gasteiger partial charge in [0.2, 0.25) is 0 Å². The number of nitrogens with one attached hydrogen (secondary N) is 1. The largest absolute Gasteiger partial charge is 0.381 e. The van der Waals surface area contributed by atoms with Crippen LogP contribution in [0.3, 0.4) is 0 Å². The zero-order valence-electron chi connectivity index (χ0n) is 9.35. The summed E-state index contributed by atoms with van der Waals surface area (Å²) in [7, 11) is 0. The Hall–Kier alpha value is -0.810. The summed E-state index contributed by atoms with van der Waals surface area (Å²) in [5, 5.41) is 4.37. The quantitative estimate of drug-likeness (QED) is 0.603. The Labute approximate surface area is 100 Å². The summed E-state index contributed by atoms with van der Waals surface area (Å²) in [4.78, 5) is 8.22. The van der Waals surface area contributed by atoms with Crippen molar-refractivity contribution >= 4 is 17.6 Å². The van der Waals surface area contributed by atoms with Crippen LogP contribution < -0.4 is 11.1 Å². The summed E-state index contributed by atoms with van der Waals surface area (Å²) >= 11 is 1.70. The number of rotatable bonds is 5. The molecule has 5 heteroatoms. The van der Waals surface area contributed by atoms with Crippen LogP contribution in [-0.2, 0) is 0 Å². The lowest BCUT2D eigenvalue weighted by Gasteiger charge is -2.09. The van der Waals surface area contributed by atoms with Gasteiger partial charge in [-0.15, -0.1) is 11.8 Å². The Balaban J connectivity index is 1.66. The van der Waals surface area contributed by atoms with Crippen molar-refractivity contribution in [2.45, 2.75) is 36.8 Å². The maximum Gasteiger partial charge on any atom is 0.156 e. The molecule has 3 N–H and O–H groups in total. The maximum absolute atomic E-state index is 5.72. The lowest BCUT2D eigenvalue weighted by Crippen LogP contribution is -2.21. The number of thioether (sulfide) groups is 1. The summed E-state index contributed by atoms with van der Waals surface area (Å²) in [6.07, 6.45) is 8.44. The number of hydrogen-bond donors (Lipinski definition) is 2. The van der Waals surface area contributed by atoms with Crippen LogP contribution in [0.15, 0.2) is 17.4 Å². The van der Waals surface area contributed by atoms with Crippen molar-refractivity contribution in [2.24, 2.45) is 0 Å². The molecule has 16 heavy (non-hydrogen) atoms. The summed E-state index contributed by atoms with van der Waals surface area (Å²) in [6, 6.07) is 0.736. The van der Waals surface area contributed by atoms with Gasteiger partial charge in [0, 0.05) is 18.4 Å². The molecule has 2 heterocycles. The van der Waals surface area contributed by atoms with E-state index in [4.69, 9.17) is 5.73 Å². The molecule has 0 spiro atoms. The highest BCUT2D eigenvalue weighted by molar-refractivity contribution is 7.99. The summed E-state index contributed by atoms with van der Waals surface area (Å²) in [6.45, 7) is 1.19. The Morgan fingerprint density at radius 3 is 3.06 bits per heavy atom. The van der Waals surface area contributed by atoms with E-state index in [0.717, 1.165) is 16.8 Å². The van der Waals surface area contributed by atoms with Crippen LogP contribution in [0.1, 0.15) is 25.7 Å². The molecule has 0 aliphatic carbocycles. The molecule has 1 aromatic rings. The number of anilines is 1. The van der Waals surface area contributed by atoms with Gasteiger partial charge in [-0.25, -0.2) is 9.97 Å². The molecule has 88 valence electrons. The molecule has 4 nitrogen and oxygen atoms in total. The van der Waals surface area contributed by atoms with Gasteiger partial charge in [0.15, 0.2) is 5.82 Å². The van der Waals surface area contributed by atoms with E-state index in [0.29, 0.717) is 5.82 Å². The highest BCUT2D eigenvalue weighted by Crippen LogP contribution is 2.22. The Morgan fingerprint density at radius 1 is 1.44 bits per heavy atom. The first kappa shape index (κ1) is 11.7. The van der Waals surface area contributed by atoms with E-state index < -0.39 is 0 Å². The fraction of sp³-hybridized carbons (Fsp3) is 0.636. The van der Waals surface area contributed by atoms with E-state index in [2.05, 4.69) is 15.3 Å². The predicted octanol–water partition coefficient (Wildman–Crippen LogP) is 1.68. The van der Waals surface area contributed by atoms with Gasteiger partial charge in [-0.2, -0.15) is 0 Å². The van der Waals surface area contributed by atoms with E-state index in [-0.39, 0.29) is 0 Å². The lowest BCUT2D eigenvalue weighted by atomic mass is 10.1. The highest BCUT2D eigenvalue weighted by atomic mass is 32.2. The normalized spacial score (nSPS) is 20.1. The topological polar surface area (TPSA) is 63.8 Å². The van der Waals surface area contributed by atoms with Crippen LogP contribution in [0.5, 0.6) is 0 Å². The van der Waals surface area contributed by atoms with E-state index in [9.17, 15) is 0 Å². The monoisotopic (exact) mass is 238 g/mol. The van der Waals surface area contributed by atoms with Crippen LogP contribution in [0.25, 0.3) is 0 Å². The first-order valence-electron chi connectivity index (χ1n) is 5.79. The smallest absolute Gasteiger partial charge is 0.156 e. The number of nitrogens with two attached hydrogens (primary N) is 1. The maximum atomic E-state index is 5.72. The third-order valence-electron chi connectivity index (χ3n) is 2.79. The zero-order valence-corrected chi connectivity index (χ0v) is 10.2. The zero-order chi connectivity index (χ0) is 11.2. The fourth-order valence-corrected chi connectivity index (χ4v) is 2.79. The Bertz CT molecular complexity index is 326. The van der Waals surface area contributed by atoms with Crippen molar-refractivity contribution in [2.75, 3.05) is 18.0 Å². The van der Waals surface area contributed by atoms with Crippen LogP contribution >= 0.6 is 11.8 Å². The number of aromatic nitrogens is 2. The van der Waals surface area contributed by atoms with Gasteiger partial charge in [-0.1, -0.05) is 0 Å². The average molecular weight is 238 g/mol. The van der Waals surface area contributed by atoms with Crippen molar-refractivity contribution in [3.63, 3.8) is 0 Å². The van der Waals surface area contributed by atoms with Crippen LogP contribution in [0.2, 0.25) is 0 Å². The molecule has 1 atom stereocenters. The molecule has 0 saturated carbocycles. The van der Waals surface area contributed by atoms with E-state index >= 15 is 0 Å². The summed E-state index contributed by atoms with van der Waals surface area (Å²) < 4.78 is 0. The van der Waals surface area contributed by atoms with E-state index in [1.54, 1.807) is 24.2 Å². The lowest BCUT2D eigenvalue weighted by molar-refractivity contribution is 0.553. The molecular formula is C11H18N4S. The molecule has 0 bridgehead atoms. The molecular weight excluding hydrogens is 220 g/mol. The molecule has 0 amide bonds. The highest BCUT2D eigenvalue weighted by Gasteiger charge is 2.13. The molecule has 1 aromatic heterocycles. The first-order chi connectivity index (χ1) is 7.86. The van der Waals surface area contributed by atoms with Crippen molar-refractivity contribution in [1.29, 1.82) is 0 Å². The molecule has 1 unspecified atom stereocenters.